The minimum Gasteiger partial charge on any atom is -0.508 e. The lowest BCUT2D eigenvalue weighted by atomic mass is 10.1. The maximum atomic E-state index is 9.81. The number of aliphatic hydroxyl groups excluding tert-OH is 2. The third-order valence-corrected chi connectivity index (χ3v) is 41.5. The first-order chi connectivity index (χ1) is 54.1. The summed E-state index contributed by atoms with van der Waals surface area (Å²) in [6, 6.07) is 48.5. The highest BCUT2D eigenvalue weighted by Gasteiger charge is 2.42. The molecule has 7 aliphatic rings. The largest absolute Gasteiger partial charge is 0.508 e. The van der Waals surface area contributed by atoms with E-state index in [0.717, 1.165) is 71.0 Å². The molecule has 9 aromatic carbocycles. The Morgan fingerprint density at radius 2 is 0.637 bits per heavy atom. The summed E-state index contributed by atoms with van der Waals surface area (Å²) in [4.78, 5) is 11.1. The van der Waals surface area contributed by atoms with Crippen LogP contribution >= 0.6 is 0 Å². The van der Waals surface area contributed by atoms with Gasteiger partial charge in [0.15, 0.2) is 39.2 Å². The number of aryl methyl sites for hydroxylation is 8. The number of phenolic OH excluding ortho intramolecular Hbond substituents is 7. The predicted molar refractivity (Wildman–Crippen MR) is 496 cm³/mol. The molecule has 7 aliphatic heterocycles. The Bertz CT molecular complexity index is 4290. The Labute approximate surface area is 700 Å². The number of hydrogen-bond donors (Lipinski definition) is 10. The van der Waals surface area contributed by atoms with E-state index in [1.807, 2.05) is 73.6 Å². The molecule has 0 aromatic heterocycles. The number of hydrogen-bond acceptors (Lipinski definition) is 10. The molecule has 0 amide bonds. The highest BCUT2D eigenvalue weighted by atomic mass is 32.2. The summed E-state index contributed by atoms with van der Waals surface area (Å²) in [6.45, 7) is 22.7. The van der Waals surface area contributed by atoms with Crippen LogP contribution in [0.25, 0.3) is 10.8 Å². The maximum absolute atomic E-state index is 9.81. The van der Waals surface area contributed by atoms with Gasteiger partial charge in [-0.3, -0.25) is 0 Å². The van der Waals surface area contributed by atoms with E-state index in [9.17, 15) is 35.7 Å². The first kappa shape index (κ1) is 91.3. The van der Waals surface area contributed by atoms with Gasteiger partial charge in [0.1, 0.15) is 138 Å². The van der Waals surface area contributed by atoms with Gasteiger partial charge in [0.25, 0.3) is 0 Å². The molecule has 113 heavy (non-hydrogen) atoms. The highest BCUT2D eigenvalue weighted by Crippen LogP contribution is 2.40. The molecule has 7 saturated heterocycles. The first-order valence-electron chi connectivity index (χ1n) is 40.6. The molecule has 9 aromatic rings. The number of aromatic hydroxyl groups is 8. The number of phenols is 8. The van der Waals surface area contributed by atoms with E-state index < -0.39 is 0 Å². The normalized spacial score (nSPS) is 19.6. The van der Waals surface area contributed by atoms with Crippen LogP contribution in [-0.4, -0.2) is 143 Å². The summed E-state index contributed by atoms with van der Waals surface area (Å²) in [7, 11) is 3.19. The Morgan fingerprint density at radius 3 is 0.991 bits per heavy atom. The first-order valence-corrected chi connectivity index (χ1v) is 53.2. The number of benzene rings is 9. The molecule has 0 bridgehead atoms. The van der Waals surface area contributed by atoms with Crippen molar-refractivity contribution in [1.82, 2.24) is 0 Å². The quantitative estimate of drug-likeness (QED) is 0.0587. The van der Waals surface area contributed by atoms with Crippen molar-refractivity contribution in [2.45, 2.75) is 234 Å². The lowest BCUT2D eigenvalue weighted by molar-refractivity contribution is 0.263. The van der Waals surface area contributed by atoms with Crippen LogP contribution < -0.4 is 0 Å². The van der Waals surface area contributed by atoms with Crippen molar-refractivity contribution >= 4 is 97.9 Å². The van der Waals surface area contributed by atoms with Gasteiger partial charge in [-0.2, -0.15) is 0 Å². The number of fused-ring (bicyclic) bond motifs is 1. The van der Waals surface area contributed by atoms with Gasteiger partial charge >= 0.3 is 0 Å². The summed E-state index contributed by atoms with van der Waals surface area (Å²) in [5, 5.41) is 99.4. The zero-order valence-corrected chi connectivity index (χ0v) is 76.0. The van der Waals surface area contributed by atoms with Crippen molar-refractivity contribution < 1.29 is 51.1 Å². The second kappa shape index (κ2) is 44.8. The van der Waals surface area contributed by atoms with Crippen molar-refractivity contribution in [3.8, 4) is 46.0 Å². The zero-order valence-electron chi connectivity index (χ0n) is 69.4. The van der Waals surface area contributed by atoms with Crippen LogP contribution in [0.5, 0.6) is 46.0 Å². The molecule has 7 heterocycles. The van der Waals surface area contributed by atoms with E-state index in [-0.39, 0.29) is 52.3 Å². The van der Waals surface area contributed by atoms with E-state index in [1.54, 1.807) is 41.3 Å². The third kappa shape index (κ3) is 25.7. The topological polar surface area (TPSA) is 202 Å². The summed E-state index contributed by atoms with van der Waals surface area (Å²) >= 11 is 0. The van der Waals surface area contributed by atoms with Gasteiger partial charge in [0, 0.05) is 121 Å². The second-order valence-corrected chi connectivity index (χ2v) is 50.0. The van der Waals surface area contributed by atoms with Crippen molar-refractivity contribution in [2.24, 2.45) is 0 Å². The number of aliphatic hydroxyl groups is 2. The molecule has 0 radical (unpaired) electrons. The average Bonchev–Trinajstić information content (AvgIpc) is 1.77. The smallest absolute Gasteiger partial charge is 0.162 e. The summed E-state index contributed by atoms with van der Waals surface area (Å²) < 4.78 is 0. The van der Waals surface area contributed by atoms with Crippen molar-refractivity contribution in [3.63, 3.8) is 0 Å². The van der Waals surface area contributed by atoms with Gasteiger partial charge in [0.2, 0.25) is 0 Å². The monoisotopic (exact) mass is 1690 g/mol. The van der Waals surface area contributed by atoms with Gasteiger partial charge in [-0.25, -0.2) is 0 Å². The van der Waals surface area contributed by atoms with Gasteiger partial charge < -0.3 is 51.1 Å². The fraction of sp³-hybridized carbons (Fsp3) is 0.453. The van der Waals surface area contributed by atoms with Gasteiger partial charge in [-0.15, -0.1) is 0 Å². The van der Waals surface area contributed by atoms with Crippen LogP contribution in [0.15, 0.2) is 185 Å². The molecule has 10 N–H and O–H groups in total. The minimum atomic E-state index is -0.177. The van der Waals surface area contributed by atoms with Crippen LogP contribution in [0, 0.1) is 55.4 Å². The molecule has 7 fully saturated rings. The van der Waals surface area contributed by atoms with Crippen molar-refractivity contribution in [3.05, 3.63) is 201 Å². The molecule has 10 nitrogen and oxygen atoms in total. The Balaban J connectivity index is 0.000000148. The molecule has 0 aliphatic carbocycles. The van der Waals surface area contributed by atoms with Gasteiger partial charge in [-0.1, -0.05) is 18.2 Å². The summed E-state index contributed by atoms with van der Waals surface area (Å²) in [6.07, 6.45) is 23.3. The van der Waals surface area contributed by atoms with Crippen LogP contribution in [0.3, 0.4) is 0 Å². The standard InChI is InChI=1S/C14H20OS.C13H18OS.C12H16O3S.C12H12O2S.2C12H16OS.C10H12OS.C10H13S/c1-9-7-13(8-10(2)14(9)15)16-11(3)5-6-12(16)4;1-9-7-12(8-10(2)13(9)14)15-6-4-5-11(15)3;13-7-9-5-11(16-3-1-2-4-16)6-10(8-14)12(9)15;1-15(2)12-6-5-11(14)9-4-3-8(13)7-10(9)12;2*1-9-7-11(8-10(2)12(9)13)14-5-3-4-6-14;11-9-3-5-10(6-4-9)12-7-1-2-8-12;1-2-6-10(7-3-1)11-8-4-5-9-11/h7-8,11-12H,5-6H2,1-4H3;7-8,11H,4-6H2,1-3H3;5-6,13-14H,1-4,7-8H2;3-7H,1-2H3,(H-,13,14);2*7-8H,3-6H2,1-2H3;3-6H,1-2,7-8H2;1-3,6-7H,4-5,8-9H2/q;;;;;;;+1/p+7. The van der Waals surface area contributed by atoms with Crippen LogP contribution in [0.1, 0.15) is 166 Å². The van der Waals surface area contributed by atoms with E-state index in [2.05, 4.69) is 124 Å². The lowest BCUT2D eigenvalue weighted by Gasteiger charge is -2.13. The lowest BCUT2D eigenvalue weighted by Crippen LogP contribution is -2.19. The van der Waals surface area contributed by atoms with Gasteiger partial charge in [-0.05, 0) is 326 Å². The Morgan fingerprint density at radius 1 is 0.301 bits per heavy atom. The molecule has 0 spiro atoms. The fourth-order valence-electron chi connectivity index (χ4n) is 15.6. The fourth-order valence-corrected chi connectivity index (χ4v) is 34.3. The number of rotatable bonds is 10. The van der Waals surface area contributed by atoms with E-state index >= 15 is 0 Å². The SMILES string of the molecule is C[S+](C)c1ccc(O)c2ccc(O)cc12.Cc1cc([S+]2C(C)CCC2C)cc(C)c1O.Cc1cc([S+]2CCCC2)cc(C)c1O.Cc1cc([S+]2CCCC2)cc(C)c1O.Cc1cc([S+]2CCCC2C)cc(C)c1O.OCc1cc([S+]2CCCC2)cc(CO)c1O.Oc1ccc([S+]2CCCC2)cc1.c1ccc([S+]2CCCC2)cc1. The van der Waals surface area contributed by atoms with E-state index in [0.29, 0.717) is 105 Å². The summed E-state index contributed by atoms with van der Waals surface area (Å²) in [5.41, 5.74) is 9.26. The van der Waals surface area contributed by atoms with E-state index in [1.165, 1.54) is 187 Å². The van der Waals surface area contributed by atoms with Crippen molar-refractivity contribution in [2.75, 3.05) is 75.8 Å². The van der Waals surface area contributed by atoms with Crippen LogP contribution in [0.4, 0.5) is 0 Å². The van der Waals surface area contributed by atoms with Crippen LogP contribution in [-0.2, 0) is 100 Å². The summed E-state index contributed by atoms with van der Waals surface area (Å²) in [5.74, 6) is 17.5. The highest BCUT2D eigenvalue weighted by molar-refractivity contribution is 7.99. The van der Waals surface area contributed by atoms with Crippen molar-refractivity contribution in [1.29, 1.82) is 0 Å². The molecule has 4 unspecified atom stereocenters. The molecule has 18 heteroatoms. The Kier molecular flexibility index (Phi) is 36.2. The minimum absolute atomic E-state index is 0.0385. The molecule has 0 saturated carbocycles. The zero-order chi connectivity index (χ0) is 81.6. The second-order valence-electron chi connectivity index (χ2n) is 31.2. The Hall–Kier alpha value is -5.64. The van der Waals surface area contributed by atoms with E-state index in [4.69, 9.17) is 15.3 Å². The molecule has 4 atom stereocenters. The maximum Gasteiger partial charge on any atom is 0.162 e. The molecular weight excluding hydrogens is 1560 g/mol. The average molecular weight is 1690 g/mol. The molecular formula is C95H130O10S8+8. The van der Waals surface area contributed by atoms with Gasteiger partial charge in [0.05, 0.1) is 13.2 Å². The molecule has 610 valence electrons. The van der Waals surface area contributed by atoms with Crippen LogP contribution in [0.2, 0.25) is 0 Å². The third-order valence-electron chi connectivity index (χ3n) is 22.1. The predicted octanol–water partition coefficient (Wildman–Crippen LogP) is 20.5. The molecule has 16 rings (SSSR count).